The highest BCUT2D eigenvalue weighted by molar-refractivity contribution is 7.09. The van der Waals surface area contributed by atoms with Gasteiger partial charge in [-0.3, -0.25) is 4.98 Å². The van der Waals surface area contributed by atoms with E-state index in [9.17, 15) is 0 Å². The maximum atomic E-state index is 5.88. The molecule has 0 bridgehead atoms. The van der Waals surface area contributed by atoms with Crippen LogP contribution in [0.3, 0.4) is 0 Å². The van der Waals surface area contributed by atoms with Crippen LogP contribution in [-0.2, 0) is 13.2 Å². The van der Waals surface area contributed by atoms with Crippen LogP contribution in [0.1, 0.15) is 10.7 Å². The molecule has 0 unspecified atom stereocenters. The van der Waals surface area contributed by atoms with E-state index in [0.717, 1.165) is 33.9 Å². The molecule has 0 saturated heterocycles. The second kappa shape index (κ2) is 5.98. The molecule has 0 aliphatic carbocycles. The third-order valence-corrected chi connectivity index (χ3v) is 3.81. The van der Waals surface area contributed by atoms with E-state index >= 15 is 0 Å². The molecule has 3 aromatic rings. The summed E-state index contributed by atoms with van der Waals surface area (Å²) in [7, 11) is 1.92. The minimum Gasteiger partial charge on any atom is -0.487 e. The summed E-state index contributed by atoms with van der Waals surface area (Å²) >= 11 is 1.65. The molecule has 0 amide bonds. The maximum absolute atomic E-state index is 5.88. The molecule has 0 fully saturated rings. The fourth-order valence-electron chi connectivity index (χ4n) is 2.00. The van der Waals surface area contributed by atoms with E-state index in [1.54, 1.807) is 17.5 Å². The normalized spacial score (nSPS) is 10.8. The zero-order valence-electron chi connectivity index (χ0n) is 11.2. The highest BCUT2D eigenvalue weighted by Crippen LogP contribution is 2.24. The molecule has 1 aromatic carbocycles. The lowest BCUT2D eigenvalue weighted by Gasteiger charge is -2.07. The molecule has 5 heteroatoms. The van der Waals surface area contributed by atoms with E-state index in [1.807, 2.05) is 42.8 Å². The van der Waals surface area contributed by atoms with E-state index in [-0.39, 0.29) is 0 Å². The summed E-state index contributed by atoms with van der Waals surface area (Å²) in [5.41, 5.74) is 1.90. The summed E-state index contributed by atoms with van der Waals surface area (Å²) < 4.78 is 5.88. The number of thiazole rings is 1. The lowest BCUT2D eigenvalue weighted by molar-refractivity contribution is 0.305. The molecule has 0 spiro atoms. The Balaban J connectivity index is 1.76. The Morgan fingerprint density at radius 2 is 2.20 bits per heavy atom. The Bertz CT molecular complexity index is 706. The van der Waals surface area contributed by atoms with Crippen LogP contribution in [0.4, 0.5) is 0 Å². The van der Waals surface area contributed by atoms with Gasteiger partial charge in [0.05, 0.1) is 11.2 Å². The molecule has 2 heterocycles. The fourth-order valence-corrected chi connectivity index (χ4v) is 2.79. The van der Waals surface area contributed by atoms with Crippen LogP contribution in [-0.4, -0.2) is 17.0 Å². The van der Waals surface area contributed by atoms with Gasteiger partial charge in [0.2, 0.25) is 0 Å². The van der Waals surface area contributed by atoms with E-state index in [2.05, 4.69) is 15.3 Å². The highest BCUT2D eigenvalue weighted by atomic mass is 32.1. The molecule has 102 valence electrons. The van der Waals surface area contributed by atoms with Crippen LogP contribution >= 0.6 is 11.3 Å². The number of nitrogens with one attached hydrogen (secondary N) is 1. The minimum absolute atomic E-state index is 0.480. The molecule has 0 saturated carbocycles. The average molecular weight is 285 g/mol. The molecule has 0 aliphatic heterocycles. The first-order valence-electron chi connectivity index (χ1n) is 6.41. The first-order chi connectivity index (χ1) is 9.86. The topological polar surface area (TPSA) is 47.0 Å². The van der Waals surface area contributed by atoms with Gasteiger partial charge in [0.1, 0.15) is 17.4 Å². The fraction of sp³-hybridized carbons (Fsp3) is 0.200. The summed E-state index contributed by atoms with van der Waals surface area (Å²) in [6.45, 7) is 1.27. The zero-order valence-corrected chi connectivity index (χ0v) is 12.0. The van der Waals surface area contributed by atoms with Crippen molar-refractivity contribution in [2.45, 2.75) is 13.2 Å². The van der Waals surface area contributed by atoms with Crippen molar-refractivity contribution >= 4 is 22.2 Å². The number of hydrogen-bond acceptors (Lipinski definition) is 5. The second-order valence-corrected chi connectivity index (χ2v) is 5.32. The predicted octanol–water partition coefficient (Wildman–Crippen LogP) is 2.99. The van der Waals surface area contributed by atoms with Gasteiger partial charge in [-0.25, -0.2) is 4.98 Å². The Hall–Kier alpha value is -1.98. The summed E-state index contributed by atoms with van der Waals surface area (Å²) in [5, 5.41) is 7.23. The van der Waals surface area contributed by atoms with Gasteiger partial charge in [0.25, 0.3) is 0 Å². The number of benzene rings is 1. The summed E-state index contributed by atoms with van der Waals surface area (Å²) in [6.07, 6.45) is 1.79. The van der Waals surface area contributed by atoms with E-state index < -0.39 is 0 Å². The number of aromatic nitrogens is 2. The van der Waals surface area contributed by atoms with Gasteiger partial charge >= 0.3 is 0 Å². The van der Waals surface area contributed by atoms with Gasteiger partial charge < -0.3 is 10.1 Å². The van der Waals surface area contributed by atoms with Crippen LogP contribution in [0.2, 0.25) is 0 Å². The summed E-state index contributed by atoms with van der Waals surface area (Å²) in [6, 6.07) is 9.84. The number of ether oxygens (including phenoxy) is 1. The van der Waals surface area contributed by atoms with Gasteiger partial charge in [-0.15, -0.1) is 11.3 Å². The van der Waals surface area contributed by atoms with Gasteiger partial charge in [-0.2, -0.15) is 0 Å². The molecular formula is C15H15N3OS. The first kappa shape index (κ1) is 13.0. The molecule has 0 aliphatic rings. The largest absolute Gasteiger partial charge is 0.487 e. The molecular weight excluding hydrogens is 270 g/mol. The predicted molar refractivity (Wildman–Crippen MR) is 81.0 cm³/mol. The molecule has 1 N–H and O–H groups in total. The minimum atomic E-state index is 0.480. The molecule has 4 nitrogen and oxygen atoms in total. The lowest BCUT2D eigenvalue weighted by Crippen LogP contribution is -2.05. The van der Waals surface area contributed by atoms with Crippen molar-refractivity contribution in [1.82, 2.24) is 15.3 Å². The van der Waals surface area contributed by atoms with Crippen molar-refractivity contribution in [2.75, 3.05) is 7.05 Å². The molecule has 0 radical (unpaired) electrons. The van der Waals surface area contributed by atoms with Crippen LogP contribution in [0.25, 0.3) is 10.9 Å². The van der Waals surface area contributed by atoms with Crippen molar-refractivity contribution < 1.29 is 4.74 Å². The number of pyridine rings is 1. The van der Waals surface area contributed by atoms with Crippen LogP contribution < -0.4 is 10.1 Å². The zero-order chi connectivity index (χ0) is 13.8. The Labute approximate surface area is 121 Å². The number of fused-ring (bicyclic) bond motifs is 1. The van der Waals surface area contributed by atoms with Crippen molar-refractivity contribution in [1.29, 1.82) is 0 Å². The molecule has 0 atom stereocenters. The molecule has 3 rings (SSSR count). The van der Waals surface area contributed by atoms with Gasteiger partial charge in [-0.05, 0) is 31.3 Å². The number of hydrogen-bond donors (Lipinski definition) is 1. The van der Waals surface area contributed by atoms with Gasteiger partial charge in [0, 0.05) is 23.5 Å². The summed E-state index contributed by atoms with van der Waals surface area (Å²) in [5.74, 6) is 0.846. The van der Waals surface area contributed by atoms with E-state index in [0.29, 0.717) is 6.61 Å². The van der Waals surface area contributed by atoms with Crippen LogP contribution in [0.15, 0.2) is 41.9 Å². The van der Waals surface area contributed by atoms with E-state index in [1.165, 1.54) is 0 Å². The molecule has 20 heavy (non-hydrogen) atoms. The third-order valence-electron chi connectivity index (χ3n) is 2.91. The Morgan fingerprint density at radius 3 is 3.10 bits per heavy atom. The maximum Gasteiger partial charge on any atom is 0.131 e. The smallest absolute Gasteiger partial charge is 0.131 e. The quantitative estimate of drug-likeness (QED) is 0.783. The summed E-state index contributed by atoms with van der Waals surface area (Å²) in [4.78, 5) is 8.83. The first-order valence-corrected chi connectivity index (χ1v) is 7.29. The Kier molecular flexibility index (Phi) is 3.90. The standard InChI is InChI=1S/C15H15N3OS/c1-16-8-15-18-11(10-20-15)9-19-14-6-2-5-13-12(14)4-3-7-17-13/h2-7,10,16H,8-9H2,1H3. The second-order valence-electron chi connectivity index (χ2n) is 4.38. The number of nitrogens with zero attached hydrogens (tertiary/aromatic N) is 2. The van der Waals surface area contributed by atoms with Gasteiger partial charge in [0.15, 0.2) is 0 Å². The SMILES string of the molecule is CNCc1nc(COc2cccc3ncccc23)cs1. The lowest BCUT2D eigenvalue weighted by atomic mass is 10.2. The van der Waals surface area contributed by atoms with Crippen molar-refractivity contribution in [3.63, 3.8) is 0 Å². The third kappa shape index (κ3) is 2.79. The monoisotopic (exact) mass is 285 g/mol. The Morgan fingerprint density at radius 1 is 1.25 bits per heavy atom. The van der Waals surface area contributed by atoms with E-state index in [4.69, 9.17) is 4.74 Å². The van der Waals surface area contributed by atoms with Crippen molar-refractivity contribution in [3.8, 4) is 5.75 Å². The van der Waals surface area contributed by atoms with Crippen LogP contribution in [0.5, 0.6) is 5.75 Å². The van der Waals surface area contributed by atoms with Crippen molar-refractivity contribution in [2.24, 2.45) is 0 Å². The van der Waals surface area contributed by atoms with Crippen molar-refractivity contribution in [3.05, 3.63) is 52.6 Å². The molecule has 2 aromatic heterocycles. The number of rotatable bonds is 5. The highest BCUT2D eigenvalue weighted by Gasteiger charge is 2.05. The van der Waals surface area contributed by atoms with Crippen LogP contribution in [0, 0.1) is 0 Å². The van der Waals surface area contributed by atoms with Gasteiger partial charge in [-0.1, -0.05) is 6.07 Å². The average Bonchev–Trinajstić information content (AvgIpc) is 2.93.